The molecule has 0 fully saturated rings. The van der Waals surface area contributed by atoms with E-state index in [-0.39, 0.29) is 31.0 Å². The number of carbonyl (C=O) groups excluding carboxylic acids is 1. The zero-order chi connectivity index (χ0) is 12.1. The molecule has 16 heavy (non-hydrogen) atoms. The number of carboxylic acids is 2. The predicted molar refractivity (Wildman–Crippen MR) is 45.7 cm³/mol. The van der Waals surface area contributed by atoms with Crippen LogP contribution in [0.15, 0.2) is 0 Å². The van der Waals surface area contributed by atoms with Gasteiger partial charge in [-0.1, -0.05) is 0 Å². The van der Waals surface area contributed by atoms with Crippen LogP contribution in [-0.2, 0) is 19.2 Å². The second-order valence-electron chi connectivity index (χ2n) is 2.76. The molecule has 88 valence electrons. The molecule has 9 heteroatoms. The Hall–Kier alpha value is -0.670. The average molecular weight is 245 g/mol. The van der Waals surface area contributed by atoms with Crippen molar-refractivity contribution in [3.05, 3.63) is 0 Å². The molecule has 4 N–H and O–H groups in total. The molecule has 0 rings (SSSR count). The van der Waals surface area contributed by atoms with Gasteiger partial charge < -0.3 is 21.6 Å². The average Bonchev–Trinajstić information content (AvgIpc) is 2.01. The first-order chi connectivity index (χ1) is 6.81. The fraction of sp³-hybridized carbons (Fsp3) is 0.571. The Balaban J connectivity index is -0.000000980. The van der Waals surface area contributed by atoms with Gasteiger partial charge >= 0.3 is 47.5 Å². The first-order valence-electron chi connectivity index (χ1n) is 3.86. The van der Waals surface area contributed by atoms with Gasteiger partial charge in [-0.3, -0.25) is 9.59 Å². The van der Waals surface area contributed by atoms with Crippen molar-refractivity contribution < 1.29 is 65.5 Å². The molecular weight excluding hydrogens is 233 g/mol. The number of rotatable bonds is 6. The van der Waals surface area contributed by atoms with E-state index in [4.69, 9.17) is 10.2 Å². The van der Waals surface area contributed by atoms with Crippen molar-refractivity contribution in [3.8, 4) is 0 Å². The minimum atomic E-state index is -2.65. The normalized spacial score (nSPS) is 13.1. The third-order valence-electron chi connectivity index (χ3n) is 1.49. The van der Waals surface area contributed by atoms with Crippen LogP contribution in [0.5, 0.6) is 0 Å². The summed E-state index contributed by atoms with van der Waals surface area (Å²) >= 11 is 0. The van der Waals surface area contributed by atoms with E-state index in [1.165, 1.54) is 7.05 Å². The minimum absolute atomic E-state index is 0. The first-order valence-corrected chi connectivity index (χ1v) is 3.86. The summed E-state index contributed by atoms with van der Waals surface area (Å²) in [6, 6.07) is 0. The molecule has 0 aliphatic rings. The van der Waals surface area contributed by atoms with Crippen molar-refractivity contribution in [1.29, 1.82) is 0 Å². The Morgan fingerprint density at radius 1 is 1.31 bits per heavy atom. The fourth-order valence-corrected chi connectivity index (χ4v) is 0.853. The summed E-state index contributed by atoms with van der Waals surface area (Å²) in [6.45, 7) is 0. The molecule has 1 unspecified atom stereocenters. The van der Waals surface area contributed by atoms with Gasteiger partial charge in [-0.05, 0) is 0 Å². The molecule has 0 bridgehead atoms. The van der Waals surface area contributed by atoms with E-state index in [9.17, 15) is 19.5 Å². The summed E-state index contributed by atoms with van der Waals surface area (Å²) in [5.41, 5.74) is -0.672. The maximum absolute atomic E-state index is 10.8. The molecule has 1 atom stereocenters. The van der Waals surface area contributed by atoms with E-state index in [1.54, 1.807) is 0 Å². The van der Waals surface area contributed by atoms with Gasteiger partial charge in [-0.25, -0.2) is 4.79 Å². The SMILES string of the molecule is CNOC(=O)CC(O)(CC(=O)O)C(=O)O.[H-].[Na+]. The Bertz CT molecular complexity index is 287. The van der Waals surface area contributed by atoms with Crippen LogP contribution in [0.25, 0.3) is 0 Å². The number of hydroxylamine groups is 1. The zero-order valence-electron chi connectivity index (χ0n) is 9.89. The number of aliphatic hydroxyl groups is 1. The van der Waals surface area contributed by atoms with Crippen molar-refractivity contribution in [2.75, 3.05) is 7.05 Å². The van der Waals surface area contributed by atoms with Gasteiger partial charge in [0.15, 0.2) is 5.60 Å². The standard InChI is InChI=1S/C7H11NO7.Na.H/c1-8-15-5(11)3-7(14,6(12)13)2-4(9)10;;/h8,14H,2-3H2,1H3,(H,9,10)(H,12,13);;/q;+1;-1. The molecule has 0 aliphatic carbocycles. The summed E-state index contributed by atoms with van der Waals surface area (Å²) in [6.07, 6.45) is -2.03. The van der Waals surface area contributed by atoms with E-state index in [0.29, 0.717) is 0 Å². The fourth-order valence-electron chi connectivity index (χ4n) is 0.853. The molecular formula is C7H12NNaO7. The maximum atomic E-state index is 10.8. The van der Waals surface area contributed by atoms with Crippen LogP contribution >= 0.6 is 0 Å². The van der Waals surface area contributed by atoms with Gasteiger partial charge in [-0.2, -0.15) is 5.48 Å². The van der Waals surface area contributed by atoms with Gasteiger partial charge in [0.1, 0.15) is 0 Å². The Labute approximate surface area is 114 Å². The van der Waals surface area contributed by atoms with Crippen molar-refractivity contribution in [1.82, 2.24) is 5.48 Å². The summed E-state index contributed by atoms with van der Waals surface area (Å²) in [5, 5.41) is 26.3. The molecule has 0 saturated carbocycles. The summed E-state index contributed by atoms with van der Waals surface area (Å²) in [5.74, 6) is -4.39. The first kappa shape index (κ1) is 17.7. The summed E-state index contributed by atoms with van der Waals surface area (Å²) < 4.78 is 0. The van der Waals surface area contributed by atoms with E-state index < -0.39 is 36.4 Å². The Morgan fingerprint density at radius 3 is 2.12 bits per heavy atom. The van der Waals surface area contributed by atoms with Gasteiger partial charge in [0.25, 0.3) is 0 Å². The number of carboxylic acid groups (broad SMARTS) is 2. The molecule has 0 radical (unpaired) electrons. The van der Waals surface area contributed by atoms with E-state index in [1.807, 2.05) is 5.48 Å². The summed E-state index contributed by atoms with van der Waals surface area (Å²) in [7, 11) is 1.26. The third-order valence-corrected chi connectivity index (χ3v) is 1.49. The second kappa shape index (κ2) is 7.58. The summed E-state index contributed by atoms with van der Waals surface area (Å²) in [4.78, 5) is 35.8. The zero-order valence-corrected chi connectivity index (χ0v) is 10.9. The maximum Gasteiger partial charge on any atom is 1.00 e. The van der Waals surface area contributed by atoms with Crippen LogP contribution in [0.4, 0.5) is 0 Å². The molecule has 0 aromatic carbocycles. The quantitative estimate of drug-likeness (QED) is 0.271. The van der Waals surface area contributed by atoms with Crippen molar-refractivity contribution in [2.24, 2.45) is 0 Å². The number of hydrogen-bond acceptors (Lipinski definition) is 6. The number of nitrogens with one attached hydrogen (secondary N) is 1. The molecule has 0 aromatic rings. The van der Waals surface area contributed by atoms with Crippen LogP contribution in [-0.4, -0.2) is 45.9 Å². The monoisotopic (exact) mass is 245 g/mol. The Kier molecular flexibility index (Phi) is 8.39. The van der Waals surface area contributed by atoms with Crippen LogP contribution in [0.2, 0.25) is 0 Å². The van der Waals surface area contributed by atoms with Crippen molar-refractivity contribution in [2.45, 2.75) is 18.4 Å². The molecule has 0 heterocycles. The minimum Gasteiger partial charge on any atom is -1.00 e. The molecule has 0 aromatic heterocycles. The number of carbonyl (C=O) groups is 3. The van der Waals surface area contributed by atoms with Crippen molar-refractivity contribution >= 4 is 17.9 Å². The smallest absolute Gasteiger partial charge is 1.00 e. The topological polar surface area (TPSA) is 133 Å². The molecule has 0 aliphatic heterocycles. The van der Waals surface area contributed by atoms with Gasteiger partial charge in [0, 0.05) is 7.05 Å². The number of hydrogen-bond donors (Lipinski definition) is 4. The second-order valence-corrected chi connectivity index (χ2v) is 2.76. The predicted octanol–water partition coefficient (Wildman–Crippen LogP) is -4.54. The largest absolute Gasteiger partial charge is 1.00 e. The van der Waals surface area contributed by atoms with E-state index >= 15 is 0 Å². The van der Waals surface area contributed by atoms with Gasteiger partial charge in [0.2, 0.25) is 0 Å². The van der Waals surface area contributed by atoms with Crippen LogP contribution in [0.1, 0.15) is 14.3 Å². The van der Waals surface area contributed by atoms with Gasteiger partial charge in [-0.15, -0.1) is 0 Å². The molecule has 0 spiro atoms. The van der Waals surface area contributed by atoms with Crippen LogP contribution < -0.4 is 35.0 Å². The van der Waals surface area contributed by atoms with E-state index in [2.05, 4.69) is 4.84 Å². The van der Waals surface area contributed by atoms with Gasteiger partial charge in [0.05, 0.1) is 12.8 Å². The van der Waals surface area contributed by atoms with Crippen LogP contribution in [0.3, 0.4) is 0 Å². The molecule has 0 amide bonds. The third kappa shape index (κ3) is 6.03. The van der Waals surface area contributed by atoms with Crippen LogP contribution in [0, 0.1) is 0 Å². The number of aliphatic carboxylic acids is 2. The molecule has 8 nitrogen and oxygen atoms in total. The van der Waals surface area contributed by atoms with E-state index in [0.717, 1.165) is 0 Å². The van der Waals surface area contributed by atoms with Crippen molar-refractivity contribution in [3.63, 3.8) is 0 Å². The Morgan fingerprint density at radius 2 is 1.81 bits per heavy atom. The molecule has 0 saturated heterocycles.